The first-order chi connectivity index (χ1) is 10.1. The van der Waals surface area contributed by atoms with Crippen molar-refractivity contribution in [2.75, 3.05) is 0 Å². The molecule has 0 atom stereocenters. The third-order valence-electron chi connectivity index (χ3n) is 2.97. The summed E-state index contributed by atoms with van der Waals surface area (Å²) in [6.45, 7) is 0.415. The zero-order chi connectivity index (χ0) is 15.2. The van der Waals surface area contributed by atoms with Gasteiger partial charge in [-0.2, -0.15) is 0 Å². The summed E-state index contributed by atoms with van der Waals surface area (Å²) in [6, 6.07) is 13.4. The van der Waals surface area contributed by atoms with Crippen molar-refractivity contribution in [3.05, 3.63) is 75.3 Å². The largest absolute Gasteiger partial charge is 0.348 e. The van der Waals surface area contributed by atoms with Crippen LogP contribution in [0.4, 0.5) is 5.69 Å². The highest BCUT2D eigenvalue weighted by molar-refractivity contribution is 9.08. The van der Waals surface area contributed by atoms with Gasteiger partial charge in [0.05, 0.1) is 4.92 Å². The molecule has 0 aliphatic rings. The number of nitro benzene ring substituents is 1. The van der Waals surface area contributed by atoms with Crippen molar-refractivity contribution in [2.24, 2.45) is 0 Å². The second-order valence-corrected chi connectivity index (χ2v) is 5.00. The molecule has 1 amide bonds. The lowest BCUT2D eigenvalue weighted by Crippen LogP contribution is -2.22. The van der Waals surface area contributed by atoms with Crippen LogP contribution >= 0.6 is 15.9 Å². The van der Waals surface area contributed by atoms with Gasteiger partial charge in [-0.3, -0.25) is 14.9 Å². The predicted octanol–water partition coefficient (Wildman–Crippen LogP) is 3.42. The van der Waals surface area contributed by atoms with Gasteiger partial charge >= 0.3 is 0 Å². The summed E-state index contributed by atoms with van der Waals surface area (Å²) in [5.74, 6) is -0.255. The number of benzene rings is 2. The van der Waals surface area contributed by atoms with E-state index in [1.165, 1.54) is 29.8 Å². The summed E-state index contributed by atoms with van der Waals surface area (Å²) in [5.41, 5.74) is 2.53. The number of amides is 1. The minimum atomic E-state index is -0.493. The van der Waals surface area contributed by atoms with Crippen LogP contribution in [-0.2, 0) is 11.9 Å². The molecule has 0 fully saturated rings. The van der Waals surface area contributed by atoms with Crippen molar-refractivity contribution in [2.45, 2.75) is 11.9 Å². The zero-order valence-electron chi connectivity index (χ0n) is 11.1. The first-order valence-electron chi connectivity index (χ1n) is 6.26. The van der Waals surface area contributed by atoms with Gasteiger partial charge in [0.15, 0.2) is 0 Å². The molecule has 6 heteroatoms. The molecule has 0 aromatic heterocycles. The Balaban J connectivity index is 1.95. The monoisotopic (exact) mass is 348 g/mol. The first-order valence-corrected chi connectivity index (χ1v) is 7.39. The van der Waals surface area contributed by atoms with E-state index < -0.39 is 4.92 Å². The summed E-state index contributed by atoms with van der Waals surface area (Å²) in [5, 5.41) is 14.1. The summed E-state index contributed by atoms with van der Waals surface area (Å²) in [4.78, 5) is 22.0. The van der Waals surface area contributed by atoms with Gasteiger partial charge in [0.2, 0.25) is 0 Å². The molecule has 0 aliphatic carbocycles. The Morgan fingerprint density at radius 2 is 1.62 bits per heavy atom. The lowest BCUT2D eigenvalue weighted by molar-refractivity contribution is -0.384. The van der Waals surface area contributed by atoms with Crippen LogP contribution in [0, 0.1) is 10.1 Å². The second-order valence-electron chi connectivity index (χ2n) is 4.44. The molecule has 0 heterocycles. The number of hydrogen-bond donors (Lipinski definition) is 1. The highest BCUT2D eigenvalue weighted by atomic mass is 79.9. The number of nitrogens with zero attached hydrogens (tertiary/aromatic N) is 1. The van der Waals surface area contributed by atoms with Crippen molar-refractivity contribution in [1.82, 2.24) is 5.32 Å². The molecule has 21 heavy (non-hydrogen) atoms. The van der Waals surface area contributed by atoms with Crippen LogP contribution in [0.25, 0.3) is 0 Å². The fourth-order valence-corrected chi connectivity index (χ4v) is 2.14. The molecule has 0 spiro atoms. The number of carbonyl (C=O) groups excluding carboxylic acids is 1. The number of rotatable bonds is 5. The van der Waals surface area contributed by atoms with Crippen LogP contribution < -0.4 is 5.32 Å². The fraction of sp³-hybridized carbons (Fsp3) is 0.133. The van der Waals surface area contributed by atoms with Crippen molar-refractivity contribution in [3.63, 3.8) is 0 Å². The first kappa shape index (κ1) is 15.2. The average Bonchev–Trinajstić information content (AvgIpc) is 2.53. The molecule has 0 aliphatic heterocycles. The molecular formula is C15H13BrN2O3. The fourth-order valence-electron chi connectivity index (χ4n) is 1.77. The lowest BCUT2D eigenvalue weighted by atomic mass is 10.1. The zero-order valence-corrected chi connectivity index (χ0v) is 12.7. The topological polar surface area (TPSA) is 72.2 Å². The molecule has 0 unspecified atom stereocenters. The number of hydrogen-bond acceptors (Lipinski definition) is 3. The summed E-state index contributed by atoms with van der Waals surface area (Å²) in [7, 11) is 0. The molecule has 108 valence electrons. The summed E-state index contributed by atoms with van der Waals surface area (Å²) >= 11 is 3.37. The SMILES string of the molecule is O=C(NCc1ccc(CBr)cc1)c1ccc([N+](=O)[O-])cc1. The van der Waals surface area contributed by atoms with E-state index in [2.05, 4.69) is 21.2 Å². The maximum Gasteiger partial charge on any atom is 0.269 e. The molecule has 5 nitrogen and oxygen atoms in total. The van der Waals surface area contributed by atoms with Crippen LogP contribution in [0.1, 0.15) is 21.5 Å². The van der Waals surface area contributed by atoms with Gasteiger partial charge in [0.1, 0.15) is 0 Å². The molecule has 2 aromatic carbocycles. The Kier molecular flexibility index (Phi) is 5.05. The minimum Gasteiger partial charge on any atom is -0.348 e. The van der Waals surface area contributed by atoms with Crippen LogP contribution in [0.2, 0.25) is 0 Å². The van der Waals surface area contributed by atoms with Crippen molar-refractivity contribution in [1.29, 1.82) is 0 Å². The smallest absolute Gasteiger partial charge is 0.269 e. The van der Waals surface area contributed by atoms with Crippen molar-refractivity contribution >= 4 is 27.5 Å². The molecule has 0 bridgehead atoms. The van der Waals surface area contributed by atoms with E-state index in [0.29, 0.717) is 12.1 Å². The van der Waals surface area contributed by atoms with Gasteiger partial charge in [-0.25, -0.2) is 0 Å². The Morgan fingerprint density at radius 1 is 1.05 bits per heavy atom. The maximum absolute atomic E-state index is 11.9. The second kappa shape index (κ2) is 6.99. The molecule has 1 N–H and O–H groups in total. The van der Waals surface area contributed by atoms with Crippen molar-refractivity contribution in [3.8, 4) is 0 Å². The molecule has 0 radical (unpaired) electrons. The third-order valence-corrected chi connectivity index (χ3v) is 3.62. The number of nitrogens with one attached hydrogen (secondary N) is 1. The molecule has 2 rings (SSSR count). The van der Waals surface area contributed by atoms with Crippen LogP contribution in [0.5, 0.6) is 0 Å². The standard InChI is InChI=1S/C15H13BrN2O3/c16-9-11-1-3-12(4-2-11)10-17-15(19)13-5-7-14(8-6-13)18(20)21/h1-8H,9-10H2,(H,17,19). The van der Waals surface area contributed by atoms with E-state index in [4.69, 9.17) is 0 Å². The van der Waals surface area contributed by atoms with Crippen LogP contribution in [0.3, 0.4) is 0 Å². The van der Waals surface area contributed by atoms with E-state index in [9.17, 15) is 14.9 Å². The van der Waals surface area contributed by atoms with Crippen LogP contribution in [-0.4, -0.2) is 10.8 Å². The predicted molar refractivity (Wildman–Crippen MR) is 83.3 cm³/mol. The number of nitro groups is 1. The third kappa shape index (κ3) is 4.13. The molecule has 0 saturated carbocycles. The van der Waals surface area contributed by atoms with Gasteiger partial charge in [0, 0.05) is 29.6 Å². The van der Waals surface area contributed by atoms with Gasteiger partial charge in [0.25, 0.3) is 11.6 Å². The summed E-state index contributed by atoms with van der Waals surface area (Å²) in [6.07, 6.45) is 0. The molecule has 0 saturated heterocycles. The van der Waals surface area contributed by atoms with Gasteiger partial charge in [-0.15, -0.1) is 0 Å². The Morgan fingerprint density at radius 3 is 2.14 bits per heavy atom. The number of carbonyl (C=O) groups is 1. The Hall–Kier alpha value is -2.21. The van der Waals surface area contributed by atoms with Gasteiger partial charge in [-0.05, 0) is 23.3 Å². The molecular weight excluding hydrogens is 336 g/mol. The van der Waals surface area contributed by atoms with Gasteiger partial charge in [-0.1, -0.05) is 40.2 Å². The number of alkyl halides is 1. The van der Waals surface area contributed by atoms with E-state index in [-0.39, 0.29) is 11.6 Å². The van der Waals surface area contributed by atoms with Crippen LogP contribution in [0.15, 0.2) is 48.5 Å². The summed E-state index contributed by atoms with van der Waals surface area (Å²) < 4.78 is 0. The Bertz CT molecular complexity index is 639. The highest BCUT2D eigenvalue weighted by Gasteiger charge is 2.09. The van der Waals surface area contributed by atoms with E-state index in [1.54, 1.807) is 0 Å². The minimum absolute atomic E-state index is 0.0306. The van der Waals surface area contributed by atoms with E-state index in [1.807, 2.05) is 24.3 Å². The highest BCUT2D eigenvalue weighted by Crippen LogP contribution is 2.12. The number of halogens is 1. The average molecular weight is 349 g/mol. The normalized spacial score (nSPS) is 10.1. The Labute approximate surface area is 130 Å². The quantitative estimate of drug-likeness (QED) is 0.511. The number of non-ortho nitro benzene ring substituents is 1. The van der Waals surface area contributed by atoms with Crippen molar-refractivity contribution < 1.29 is 9.72 Å². The van der Waals surface area contributed by atoms with E-state index >= 15 is 0 Å². The lowest BCUT2D eigenvalue weighted by Gasteiger charge is -2.06. The van der Waals surface area contributed by atoms with E-state index in [0.717, 1.165) is 10.9 Å². The maximum atomic E-state index is 11.9. The van der Waals surface area contributed by atoms with Gasteiger partial charge < -0.3 is 5.32 Å². The molecule has 2 aromatic rings.